The number of rotatable bonds is 17. The van der Waals surface area contributed by atoms with Crippen LogP contribution in [0.3, 0.4) is 0 Å². The van der Waals surface area contributed by atoms with Gasteiger partial charge in [0.05, 0.1) is 6.04 Å². The molecule has 0 spiro atoms. The molecule has 0 radical (unpaired) electrons. The van der Waals surface area contributed by atoms with Gasteiger partial charge in [0, 0.05) is 12.8 Å². The molecule has 13 nitrogen and oxygen atoms in total. The number of nitrogens with two attached hydrogens (primary N) is 3. The Morgan fingerprint density at radius 3 is 1.97 bits per heavy atom. The van der Waals surface area contributed by atoms with Crippen molar-refractivity contribution in [3.8, 4) is 5.75 Å². The van der Waals surface area contributed by atoms with Gasteiger partial charge in [-0.3, -0.25) is 19.2 Å². The Hall–Kier alpha value is -3.71. The second-order valence-corrected chi connectivity index (χ2v) is 9.46. The largest absolute Gasteiger partial charge is 0.508 e. The van der Waals surface area contributed by atoms with E-state index in [2.05, 4.69) is 16.0 Å². The van der Waals surface area contributed by atoms with E-state index in [1.807, 2.05) is 0 Å². The molecule has 0 saturated heterocycles. The van der Waals surface area contributed by atoms with Gasteiger partial charge in [-0.05, 0) is 49.4 Å². The van der Waals surface area contributed by atoms with Crippen molar-refractivity contribution in [2.24, 2.45) is 23.1 Å². The van der Waals surface area contributed by atoms with Gasteiger partial charge in [-0.15, -0.1) is 0 Å². The number of hydrogen-bond acceptors (Lipinski definition) is 8. The average molecular weight is 537 g/mol. The van der Waals surface area contributed by atoms with Gasteiger partial charge in [0.25, 0.3) is 0 Å². The van der Waals surface area contributed by atoms with E-state index in [9.17, 15) is 34.2 Å². The molecule has 0 fully saturated rings. The van der Waals surface area contributed by atoms with Crippen LogP contribution in [0.2, 0.25) is 0 Å². The number of phenolic OH excluding ortho intramolecular Hbond substituents is 1. The second kappa shape index (κ2) is 16.2. The number of carbonyl (C=O) groups is 5. The van der Waals surface area contributed by atoms with Crippen LogP contribution in [0.15, 0.2) is 24.3 Å². The molecule has 38 heavy (non-hydrogen) atoms. The summed E-state index contributed by atoms with van der Waals surface area (Å²) in [5.74, 6) is -4.51. The molecule has 212 valence electrons. The third kappa shape index (κ3) is 11.6. The van der Waals surface area contributed by atoms with Crippen molar-refractivity contribution in [1.29, 1.82) is 0 Å². The summed E-state index contributed by atoms with van der Waals surface area (Å²) < 4.78 is 0. The molecule has 4 unspecified atom stereocenters. The van der Waals surface area contributed by atoms with Gasteiger partial charge in [-0.25, -0.2) is 4.79 Å². The molecule has 4 atom stereocenters. The molecule has 4 amide bonds. The van der Waals surface area contributed by atoms with Crippen LogP contribution in [0, 0.1) is 5.92 Å². The Morgan fingerprint density at radius 1 is 0.868 bits per heavy atom. The SMILES string of the molecule is CC(C)C(NC(=O)C(Cc1ccc(O)cc1)NC(=O)C(CCC(N)=O)NC(=O)C(N)CCCCN)C(=O)O. The number of amides is 4. The minimum Gasteiger partial charge on any atom is -0.508 e. The molecule has 1 aromatic rings. The van der Waals surface area contributed by atoms with E-state index < -0.39 is 59.7 Å². The van der Waals surface area contributed by atoms with Crippen molar-refractivity contribution in [3.63, 3.8) is 0 Å². The number of carbonyl (C=O) groups excluding carboxylic acids is 4. The van der Waals surface area contributed by atoms with Gasteiger partial charge >= 0.3 is 5.97 Å². The van der Waals surface area contributed by atoms with Gasteiger partial charge in [0.2, 0.25) is 23.6 Å². The van der Waals surface area contributed by atoms with Crippen LogP contribution >= 0.6 is 0 Å². The van der Waals surface area contributed by atoms with Crippen LogP contribution in [0.4, 0.5) is 0 Å². The lowest BCUT2D eigenvalue weighted by Gasteiger charge is -2.26. The molecule has 1 rings (SSSR count). The summed E-state index contributed by atoms with van der Waals surface area (Å²) in [5, 5.41) is 26.5. The first-order valence-electron chi connectivity index (χ1n) is 12.5. The first kappa shape index (κ1) is 32.3. The molecule has 11 N–H and O–H groups in total. The van der Waals surface area contributed by atoms with E-state index in [-0.39, 0.29) is 25.0 Å². The normalized spacial score (nSPS) is 14.1. The first-order chi connectivity index (χ1) is 17.8. The van der Waals surface area contributed by atoms with Crippen LogP contribution in [0.25, 0.3) is 0 Å². The maximum Gasteiger partial charge on any atom is 0.326 e. The molecule has 13 heteroatoms. The molecule has 1 aromatic carbocycles. The molecule has 0 heterocycles. The summed E-state index contributed by atoms with van der Waals surface area (Å²) >= 11 is 0. The number of benzene rings is 1. The number of carboxylic acids is 1. The highest BCUT2D eigenvalue weighted by Crippen LogP contribution is 2.13. The van der Waals surface area contributed by atoms with Gasteiger partial charge in [-0.2, -0.15) is 0 Å². The maximum absolute atomic E-state index is 13.2. The Kier molecular flexibility index (Phi) is 13.8. The fourth-order valence-corrected chi connectivity index (χ4v) is 3.59. The lowest BCUT2D eigenvalue weighted by Crippen LogP contribution is -2.58. The van der Waals surface area contributed by atoms with Crippen LogP contribution < -0.4 is 33.2 Å². The van der Waals surface area contributed by atoms with E-state index in [1.54, 1.807) is 26.0 Å². The zero-order chi connectivity index (χ0) is 28.8. The lowest BCUT2D eigenvalue weighted by molar-refractivity contribution is -0.143. The van der Waals surface area contributed by atoms with Crippen molar-refractivity contribution in [3.05, 3.63) is 29.8 Å². The average Bonchev–Trinajstić information content (AvgIpc) is 2.84. The van der Waals surface area contributed by atoms with Crippen LogP contribution in [0.1, 0.15) is 51.5 Å². The topological polar surface area (TPSA) is 240 Å². The monoisotopic (exact) mass is 536 g/mol. The van der Waals surface area contributed by atoms with E-state index in [0.717, 1.165) is 0 Å². The highest BCUT2D eigenvalue weighted by atomic mass is 16.4. The molecule has 0 aliphatic carbocycles. The molecule has 0 aromatic heterocycles. The Morgan fingerprint density at radius 2 is 1.45 bits per heavy atom. The summed E-state index contributed by atoms with van der Waals surface area (Å²) in [6.07, 6.45) is 1.22. The van der Waals surface area contributed by atoms with Gasteiger partial charge < -0.3 is 43.4 Å². The number of primary amides is 1. The van der Waals surface area contributed by atoms with Crippen molar-refractivity contribution in [1.82, 2.24) is 16.0 Å². The molecule has 0 aliphatic rings. The summed E-state index contributed by atoms with van der Waals surface area (Å²) in [6, 6.07) is 1.31. The number of nitrogens with one attached hydrogen (secondary N) is 3. The van der Waals surface area contributed by atoms with E-state index in [4.69, 9.17) is 17.2 Å². The quantitative estimate of drug-likeness (QED) is 0.112. The standard InChI is InChI=1S/C25H40N6O7/c1-14(2)21(25(37)38)31-24(36)19(13-15-6-8-16(32)9-7-15)30-23(35)18(10-11-20(28)33)29-22(34)17(27)5-3-4-12-26/h6-9,14,17-19,21,32H,3-5,10-13,26-27H2,1-2H3,(H2,28,33)(H,29,34)(H,30,35)(H,31,36)(H,37,38). The van der Waals surface area contributed by atoms with Crippen LogP contribution in [0.5, 0.6) is 5.75 Å². The van der Waals surface area contributed by atoms with Gasteiger partial charge in [-0.1, -0.05) is 32.4 Å². The van der Waals surface area contributed by atoms with E-state index in [1.165, 1.54) is 12.1 Å². The molecule has 0 bridgehead atoms. The lowest BCUT2D eigenvalue weighted by atomic mass is 10.0. The van der Waals surface area contributed by atoms with Crippen molar-refractivity contribution in [2.75, 3.05) is 6.54 Å². The smallest absolute Gasteiger partial charge is 0.326 e. The third-order valence-electron chi connectivity index (χ3n) is 5.86. The zero-order valence-electron chi connectivity index (χ0n) is 21.8. The fourth-order valence-electron chi connectivity index (χ4n) is 3.59. The Bertz CT molecular complexity index is 954. The minimum atomic E-state index is -1.24. The molecular weight excluding hydrogens is 496 g/mol. The minimum absolute atomic E-state index is 0.00145. The zero-order valence-corrected chi connectivity index (χ0v) is 21.8. The Balaban J connectivity index is 3.13. The third-order valence-corrected chi connectivity index (χ3v) is 5.86. The van der Waals surface area contributed by atoms with E-state index >= 15 is 0 Å². The van der Waals surface area contributed by atoms with Crippen molar-refractivity contribution < 1.29 is 34.2 Å². The van der Waals surface area contributed by atoms with E-state index in [0.29, 0.717) is 31.4 Å². The number of hydrogen-bond donors (Lipinski definition) is 8. The highest BCUT2D eigenvalue weighted by molar-refractivity contribution is 5.94. The highest BCUT2D eigenvalue weighted by Gasteiger charge is 2.31. The van der Waals surface area contributed by atoms with Gasteiger partial charge in [0.1, 0.15) is 23.9 Å². The predicted molar refractivity (Wildman–Crippen MR) is 139 cm³/mol. The molecular formula is C25H40N6O7. The predicted octanol–water partition coefficient (Wildman–Crippen LogP) is -1.15. The summed E-state index contributed by atoms with van der Waals surface area (Å²) in [6.45, 7) is 3.69. The number of carboxylic acid groups (broad SMARTS) is 1. The summed E-state index contributed by atoms with van der Waals surface area (Å²) in [7, 11) is 0. The number of unbranched alkanes of at least 4 members (excludes halogenated alkanes) is 1. The number of aliphatic carboxylic acids is 1. The summed E-state index contributed by atoms with van der Waals surface area (Å²) in [4.78, 5) is 61.9. The maximum atomic E-state index is 13.2. The van der Waals surface area contributed by atoms with Crippen molar-refractivity contribution >= 4 is 29.6 Å². The van der Waals surface area contributed by atoms with Crippen LogP contribution in [-0.2, 0) is 30.4 Å². The first-order valence-corrected chi connectivity index (χ1v) is 12.5. The Labute approximate surface area is 221 Å². The number of aromatic hydroxyl groups is 1. The van der Waals surface area contributed by atoms with Crippen molar-refractivity contribution in [2.45, 2.75) is 76.5 Å². The molecule has 0 saturated carbocycles. The van der Waals surface area contributed by atoms with Crippen LogP contribution in [-0.4, -0.2) is 70.5 Å². The number of phenols is 1. The summed E-state index contributed by atoms with van der Waals surface area (Å²) in [5.41, 5.74) is 17.2. The second-order valence-electron chi connectivity index (χ2n) is 9.46. The van der Waals surface area contributed by atoms with Gasteiger partial charge in [0.15, 0.2) is 0 Å². The fraction of sp³-hybridized carbons (Fsp3) is 0.560. The molecule has 0 aliphatic heterocycles.